The van der Waals surface area contributed by atoms with Gasteiger partial charge in [0, 0.05) is 6.42 Å². The van der Waals surface area contributed by atoms with Crippen LogP contribution in [0.3, 0.4) is 0 Å². The van der Waals surface area contributed by atoms with Crippen molar-refractivity contribution in [1.82, 2.24) is 0 Å². The van der Waals surface area contributed by atoms with Crippen LogP contribution in [-0.4, -0.2) is 29.8 Å². The van der Waals surface area contributed by atoms with Gasteiger partial charge in [-0.25, -0.2) is 0 Å². The van der Waals surface area contributed by atoms with Crippen molar-refractivity contribution in [3.8, 4) is 0 Å². The lowest BCUT2D eigenvalue weighted by molar-refractivity contribution is -0.159. The first kappa shape index (κ1) is 23.2. The fourth-order valence-electron chi connectivity index (χ4n) is 2.02. The number of allylic oxidation sites excluding steroid dienone is 2. The number of esters is 1. The molecule has 5 nitrogen and oxygen atoms in total. The first-order chi connectivity index (χ1) is 12.3. The molecule has 1 aromatic rings. The number of benzene rings is 1. The molecule has 1 rings (SSSR count). The zero-order valence-corrected chi connectivity index (χ0v) is 15.5. The number of hydrogen-bond acceptors (Lipinski definition) is 4. The highest BCUT2D eigenvalue weighted by molar-refractivity contribution is 5.93. The van der Waals surface area contributed by atoms with Gasteiger partial charge in [0.05, 0.1) is 19.0 Å². The van der Waals surface area contributed by atoms with Crippen LogP contribution in [0.15, 0.2) is 68.0 Å². The summed E-state index contributed by atoms with van der Waals surface area (Å²) in [6.07, 6.45) is 3.61. The van der Waals surface area contributed by atoms with Crippen LogP contribution < -0.4 is 0 Å². The average Bonchev–Trinajstić information content (AvgIpc) is 2.61. The van der Waals surface area contributed by atoms with Crippen LogP contribution in [0.1, 0.15) is 25.8 Å². The Balaban J connectivity index is 0.000000502. The molecule has 0 saturated carbocycles. The Hall–Kier alpha value is -2.82. The molecule has 0 spiro atoms. The van der Waals surface area contributed by atoms with Crippen LogP contribution in [0.25, 0.3) is 0 Å². The number of aliphatic carboxylic acids is 1. The summed E-state index contributed by atoms with van der Waals surface area (Å²) in [7, 11) is 0. The molecule has 0 fully saturated rings. The van der Waals surface area contributed by atoms with E-state index in [9.17, 15) is 9.59 Å². The highest BCUT2D eigenvalue weighted by Gasteiger charge is 2.29. The number of hydrogen-bond donors (Lipinski definition) is 1. The van der Waals surface area contributed by atoms with E-state index < -0.39 is 17.9 Å². The van der Waals surface area contributed by atoms with E-state index in [0.29, 0.717) is 0 Å². The van der Waals surface area contributed by atoms with Gasteiger partial charge in [-0.05, 0) is 25.8 Å². The Morgan fingerprint density at radius 1 is 1.23 bits per heavy atom. The predicted molar refractivity (Wildman–Crippen MR) is 103 cm³/mol. The van der Waals surface area contributed by atoms with Gasteiger partial charge in [0.1, 0.15) is 0 Å². The van der Waals surface area contributed by atoms with E-state index in [0.717, 1.165) is 12.0 Å². The fourth-order valence-corrected chi connectivity index (χ4v) is 2.02. The zero-order chi connectivity index (χ0) is 19.9. The predicted octanol–water partition coefficient (Wildman–Crippen LogP) is 4.16. The summed E-state index contributed by atoms with van der Waals surface area (Å²) in [6.45, 7) is 14.3. The van der Waals surface area contributed by atoms with E-state index in [1.165, 1.54) is 11.8 Å². The molecule has 142 valence electrons. The second kappa shape index (κ2) is 13.5. The van der Waals surface area contributed by atoms with E-state index in [1.807, 2.05) is 18.2 Å². The number of carbonyl (C=O) groups excluding carboxylic acids is 1. The van der Waals surface area contributed by atoms with Gasteiger partial charge in [-0.3, -0.25) is 9.59 Å². The van der Waals surface area contributed by atoms with Crippen molar-refractivity contribution < 1.29 is 24.2 Å². The molecule has 0 saturated heterocycles. The van der Waals surface area contributed by atoms with Gasteiger partial charge in [0.25, 0.3) is 0 Å². The molecule has 0 aliphatic carbocycles. The third-order valence-corrected chi connectivity index (χ3v) is 3.33. The summed E-state index contributed by atoms with van der Waals surface area (Å²) in [5, 5.41) is 8.81. The summed E-state index contributed by atoms with van der Waals surface area (Å²) in [5.41, 5.74) is 2.36. The molecule has 2 unspecified atom stereocenters. The van der Waals surface area contributed by atoms with Crippen LogP contribution in [0.5, 0.6) is 0 Å². The van der Waals surface area contributed by atoms with Crippen LogP contribution in [0.2, 0.25) is 0 Å². The topological polar surface area (TPSA) is 72.8 Å². The van der Waals surface area contributed by atoms with Gasteiger partial charge in [-0.2, -0.15) is 0 Å². The monoisotopic (exact) mass is 360 g/mol. The summed E-state index contributed by atoms with van der Waals surface area (Å²) in [6, 6.07) is 10.3. The van der Waals surface area contributed by atoms with Crippen LogP contribution in [0.4, 0.5) is 0 Å². The molecule has 0 bridgehead atoms. The minimum absolute atomic E-state index is 0.0696. The molecule has 0 amide bonds. The maximum absolute atomic E-state index is 11.2. The van der Waals surface area contributed by atoms with Gasteiger partial charge in [0.2, 0.25) is 0 Å². The fraction of sp³-hybridized carbons (Fsp3) is 0.333. The number of carbonyl (C=O) groups is 2. The Morgan fingerprint density at radius 2 is 1.85 bits per heavy atom. The van der Waals surface area contributed by atoms with Crippen LogP contribution in [0, 0.1) is 5.92 Å². The Bertz CT molecular complexity index is 592. The number of carboxylic acid groups (broad SMARTS) is 1. The number of ether oxygens (including phenoxy) is 2. The third kappa shape index (κ3) is 10.1. The van der Waals surface area contributed by atoms with Gasteiger partial charge in [-0.15, -0.1) is 0 Å². The molecule has 0 radical (unpaired) electrons. The van der Waals surface area contributed by atoms with Crippen molar-refractivity contribution in [1.29, 1.82) is 0 Å². The zero-order valence-electron chi connectivity index (χ0n) is 15.5. The Labute approximate surface area is 155 Å². The molecular formula is C21H28O5. The molecule has 0 aliphatic rings. The average molecular weight is 360 g/mol. The second-order valence-electron chi connectivity index (χ2n) is 5.52. The quantitative estimate of drug-likeness (QED) is 0.293. The van der Waals surface area contributed by atoms with Crippen LogP contribution >= 0.6 is 0 Å². The summed E-state index contributed by atoms with van der Waals surface area (Å²) in [4.78, 5) is 22.0. The second-order valence-corrected chi connectivity index (χ2v) is 5.52. The SMILES string of the molecule is C=CC(=C)Cc1ccccc1.C=COC(C)CC(C(=O)O)C(=O)OCC. The van der Waals surface area contributed by atoms with Gasteiger partial charge >= 0.3 is 11.9 Å². The highest BCUT2D eigenvalue weighted by atomic mass is 16.5. The molecule has 26 heavy (non-hydrogen) atoms. The minimum atomic E-state index is -1.20. The maximum atomic E-state index is 11.2. The molecule has 0 heterocycles. The lowest BCUT2D eigenvalue weighted by Crippen LogP contribution is -2.29. The Kier molecular flexibility index (Phi) is 12.0. The highest BCUT2D eigenvalue weighted by Crippen LogP contribution is 2.12. The van der Waals surface area contributed by atoms with Gasteiger partial charge < -0.3 is 14.6 Å². The number of carboxylic acids is 1. The number of rotatable bonds is 10. The summed E-state index contributed by atoms with van der Waals surface area (Å²) in [5.74, 6) is -3.11. The van der Waals surface area contributed by atoms with E-state index in [-0.39, 0.29) is 19.1 Å². The summed E-state index contributed by atoms with van der Waals surface area (Å²) >= 11 is 0. The molecule has 2 atom stereocenters. The lowest BCUT2D eigenvalue weighted by atomic mass is 10.0. The molecule has 0 aliphatic heterocycles. The van der Waals surface area contributed by atoms with E-state index in [1.54, 1.807) is 19.9 Å². The van der Waals surface area contributed by atoms with Crippen molar-refractivity contribution >= 4 is 11.9 Å². The summed E-state index contributed by atoms with van der Waals surface area (Å²) < 4.78 is 9.59. The van der Waals surface area contributed by atoms with Gasteiger partial charge in [-0.1, -0.05) is 61.7 Å². The first-order valence-corrected chi connectivity index (χ1v) is 8.35. The molecule has 5 heteroatoms. The van der Waals surface area contributed by atoms with Crippen molar-refractivity contribution in [2.45, 2.75) is 32.8 Å². The third-order valence-electron chi connectivity index (χ3n) is 3.33. The smallest absolute Gasteiger partial charge is 0.320 e. The Morgan fingerprint density at radius 3 is 2.31 bits per heavy atom. The van der Waals surface area contributed by atoms with Crippen molar-refractivity contribution in [3.63, 3.8) is 0 Å². The molecule has 0 aromatic heterocycles. The molecular weight excluding hydrogens is 332 g/mol. The standard InChI is InChI=1S/C11H12.C10H16O5/c1-3-10(2)9-11-7-5-4-6-8-11;1-4-14-7(3)6-8(9(11)12)10(13)15-5-2/h3-8H,1-2,9H2;4,7-8H,1,5-6H2,2-3H3,(H,11,12). The van der Waals surface area contributed by atoms with Crippen molar-refractivity contribution in [2.75, 3.05) is 6.61 Å². The lowest BCUT2D eigenvalue weighted by Gasteiger charge is -2.15. The van der Waals surface area contributed by atoms with Crippen molar-refractivity contribution in [3.05, 3.63) is 73.5 Å². The van der Waals surface area contributed by atoms with E-state index >= 15 is 0 Å². The van der Waals surface area contributed by atoms with E-state index in [2.05, 4.69) is 36.6 Å². The van der Waals surface area contributed by atoms with Gasteiger partial charge in [0.15, 0.2) is 5.92 Å². The largest absolute Gasteiger partial charge is 0.499 e. The molecule has 1 N–H and O–H groups in total. The molecule has 1 aromatic carbocycles. The minimum Gasteiger partial charge on any atom is -0.499 e. The van der Waals surface area contributed by atoms with Crippen molar-refractivity contribution in [2.24, 2.45) is 5.92 Å². The van der Waals surface area contributed by atoms with E-state index in [4.69, 9.17) is 9.84 Å². The maximum Gasteiger partial charge on any atom is 0.320 e. The normalized spacial score (nSPS) is 11.8. The van der Waals surface area contributed by atoms with Crippen LogP contribution in [-0.2, 0) is 25.5 Å². The first-order valence-electron chi connectivity index (χ1n) is 8.35.